The number of hydrogen-bond acceptors (Lipinski definition) is 7. The van der Waals surface area contributed by atoms with Gasteiger partial charge in [-0.1, -0.05) is 17.7 Å². The van der Waals surface area contributed by atoms with Crippen molar-refractivity contribution in [2.75, 3.05) is 13.1 Å². The number of carbonyl (C=O) groups excluding carboxylic acids is 1. The number of thiazole rings is 1. The number of hydrogen-bond donors (Lipinski definition) is 1. The molecule has 6 nitrogen and oxygen atoms in total. The van der Waals surface area contributed by atoms with Gasteiger partial charge in [0.05, 0.1) is 21.5 Å². The highest BCUT2D eigenvalue weighted by Crippen LogP contribution is 2.31. The van der Waals surface area contributed by atoms with Crippen LogP contribution < -0.4 is 5.32 Å². The molecule has 0 saturated carbocycles. The number of thiophene rings is 2. The van der Waals surface area contributed by atoms with Gasteiger partial charge in [0.15, 0.2) is 0 Å². The molecule has 0 aliphatic carbocycles. The number of sulfonamides is 1. The average molecular weight is 488 g/mol. The minimum absolute atomic E-state index is 0.0492. The molecule has 4 heterocycles. The zero-order valence-electron chi connectivity index (χ0n) is 15.2. The molecule has 1 N–H and O–H groups in total. The summed E-state index contributed by atoms with van der Waals surface area (Å²) in [5, 5.41) is 7.86. The van der Waals surface area contributed by atoms with E-state index in [2.05, 4.69) is 10.3 Å². The first-order valence-corrected chi connectivity index (χ1v) is 13.3. The van der Waals surface area contributed by atoms with Crippen LogP contribution in [0.1, 0.15) is 18.5 Å². The molecule has 154 valence electrons. The van der Waals surface area contributed by atoms with Gasteiger partial charge in [-0.3, -0.25) is 4.79 Å². The highest BCUT2D eigenvalue weighted by molar-refractivity contribution is 7.91. The summed E-state index contributed by atoms with van der Waals surface area (Å²) in [4.78, 5) is 18.2. The van der Waals surface area contributed by atoms with Gasteiger partial charge in [-0.2, -0.15) is 4.31 Å². The largest absolute Gasteiger partial charge is 0.350 e. The summed E-state index contributed by atoms with van der Waals surface area (Å²) < 4.78 is 27.4. The molecule has 0 atom stereocenters. The second kappa shape index (κ2) is 8.83. The van der Waals surface area contributed by atoms with E-state index >= 15 is 0 Å². The maximum Gasteiger partial charge on any atom is 0.252 e. The Morgan fingerprint density at radius 3 is 2.69 bits per heavy atom. The first-order valence-electron chi connectivity index (χ1n) is 8.95. The Bertz CT molecular complexity index is 1080. The smallest absolute Gasteiger partial charge is 0.252 e. The van der Waals surface area contributed by atoms with Crippen molar-refractivity contribution in [1.82, 2.24) is 14.6 Å². The molecule has 0 unspecified atom stereocenters. The zero-order valence-corrected chi connectivity index (χ0v) is 19.2. The molecule has 0 bridgehead atoms. The molecule has 1 amide bonds. The molecule has 1 fully saturated rings. The second-order valence-corrected chi connectivity index (χ2v) is 12.3. The fourth-order valence-electron chi connectivity index (χ4n) is 3.15. The van der Waals surface area contributed by atoms with Crippen molar-refractivity contribution in [2.24, 2.45) is 5.92 Å². The molecular weight excluding hydrogens is 470 g/mol. The highest BCUT2D eigenvalue weighted by atomic mass is 35.5. The van der Waals surface area contributed by atoms with Crippen LogP contribution in [-0.2, 0) is 21.4 Å². The molecule has 3 aromatic rings. The van der Waals surface area contributed by atoms with E-state index < -0.39 is 10.0 Å². The van der Waals surface area contributed by atoms with Gasteiger partial charge in [0, 0.05) is 24.4 Å². The highest BCUT2D eigenvalue weighted by Gasteiger charge is 2.32. The number of nitrogens with zero attached hydrogens (tertiary/aromatic N) is 2. The number of nitrogens with one attached hydrogen (secondary N) is 1. The van der Waals surface area contributed by atoms with E-state index in [1.54, 1.807) is 28.7 Å². The van der Waals surface area contributed by atoms with Gasteiger partial charge < -0.3 is 5.32 Å². The maximum absolute atomic E-state index is 12.7. The number of halogens is 1. The number of carbonyl (C=O) groups is 1. The lowest BCUT2D eigenvalue weighted by Crippen LogP contribution is -2.42. The Labute approximate surface area is 186 Å². The zero-order chi connectivity index (χ0) is 20.4. The maximum atomic E-state index is 12.7. The second-order valence-electron chi connectivity index (χ2n) is 6.58. The van der Waals surface area contributed by atoms with Crippen molar-refractivity contribution in [3.8, 4) is 9.88 Å². The van der Waals surface area contributed by atoms with Crippen LogP contribution >= 0.6 is 45.6 Å². The predicted molar refractivity (Wildman–Crippen MR) is 118 cm³/mol. The van der Waals surface area contributed by atoms with Crippen LogP contribution in [0.25, 0.3) is 9.88 Å². The SMILES string of the molecule is O=C(NCc1csc(-c2cccs2)n1)C1CCN(S(=O)(=O)c2ccc(Cl)s2)CC1. The Hall–Kier alpha value is -1.30. The third kappa shape index (κ3) is 4.73. The quantitative estimate of drug-likeness (QED) is 0.562. The van der Waals surface area contributed by atoms with E-state index in [4.69, 9.17) is 11.6 Å². The molecule has 11 heteroatoms. The number of aromatic nitrogens is 1. The predicted octanol–water partition coefficient (Wildman–Crippen LogP) is 4.30. The monoisotopic (exact) mass is 487 g/mol. The van der Waals surface area contributed by atoms with Crippen molar-refractivity contribution in [3.05, 3.63) is 45.1 Å². The Kier molecular flexibility index (Phi) is 6.38. The lowest BCUT2D eigenvalue weighted by Gasteiger charge is -2.30. The van der Waals surface area contributed by atoms with Gasteiger partial charge in [0.2, 0.25) is 5.91 Å². The van der Waals surface area contributed by atoms with Crippen LogP contribution in [0.5, 0.6) is 0 Å². The summed E-state index contributed by atoms with van der Waals surface area (Å²) in [5.41, 5.74) is 0.835. The summed E-state index contributed by atoms with van der Waals surface area (Å²) in [6.07, 6.45) is 1.00. The molecule has 29 heavy (non-hydrogen) atoms. The van der Waals surface area contributed by atoms with Crippen LogP contribution in [0.15, 0.2) is 39.2 Å². The topological polar surface area (TPSA) is 79.4 Å². The number of piperidine rings is 1. The molecule has 0 aromatic carbocycles. The van der Waals surface area contributed by atoms with Gasteiger partial charge in [-0.25, -0.2) is 13.4 Å². The van der Waals surface area contributed by atoms with E-state index in [0.717, 1.165) is 26.9 Å². The molecule has 3 aromatic heterocycles. The van der Waals surface area contributed by atoms with E-state index in [9.17, 15) is 13.2 Å². The van der Waals surface area contributed by atoms with Crippen LogP contribution in [0.4, 0.5) is 0 Å². The van der Waals surface area contributed by atoms with Crippen molar-refractivity contribution in [1.29, 1.82) is 0 Å². The fourth-order valence-corrected chi connectivity index (χ4v) is 7.89. The first kappa shape index (κ1) is 21.0. The number of amides is 1. The van der Waals surface area contributed by atoms with Crippen molar-refractivity contribution >= 4 is 61.5 Å². The average Bonchev–Trinajstić information content (AvgIpc) is 3.47. The summed E-state index contributed by atoms with van der Waals surface area (Å²) in [6.45, 7) is 1.04. The molecule has 1 aliphatic rings. The molecule has 0 radical (unpaired) electrons. The Balaban J connectivity index is 1.29. The van der Waals surface area contributed by atoms with Gasteiger partial charge >= 0.3 is 0 Å². The molecule has 1 saturated heterocycles. The van der Waals surface area contributed by atoms with E-state index in [-0.39, 0.29) is 16.0 Å². The molecular formula is C18H18ClN3O3S4. The first-order chi connectivity index (χ1) is 13.9. The van der Waals surface area contributed by atoms with Crippen molar-refractivity contribution in [2.45, 2.75) is 23.6 Å². The van der Waals surface area contributed by atoms with Crippen LogP contribution in [-0.4, -0.2) is 36.7 Å². The normalized spacial score (nSPS) is 16.2. The summed E-state index contributed by atoms with van der Waals surface area (Å²) in [6, 6.07) is 7.13. The van der Waals surface area contributed by atoms with Crippen LogP contribution in [0.2, 0.25) is 4.34 Å². The Morgan fingerprint density at radius 1 is 1.24 bits per heavy atom. The standard InChI is InChI=1S/C18H18ClN3O3S4/c19-15-3-4-16(28-15)29(24,25)22-7-5-12(6-8-22)17(23)20-10-13-11-27-18(21-13)14-2-1-9-26-14/h1-4,9,11-12H,5-8,10H2,(H,20,23). The van der Waals surface area contributed by atoms with E-state index in [1.165, 1.54) is 10.4 Å². The number of rotatable bonds is 6. The Morgan fingerprint density at radius 2 is 2.03 bits per heavy atom. The summed E-state index contributed by atoms with van der Waals surface area (Å²) >= 11 is 10.1. The van der Waals surface area contributed by atoms with E-state index in [0.29, 0.717) is 36.8 Å². The minimum Gasteiger partial charge on any atom is -0.350 e. The van der Waals surface area contributed by atoms with Crippen molar-refractivity contribution < 1.29 is 13.2 Å². The van der Waals surface area contributed by atoms with Gasteiger partial charge in [0.1, 0.15) is 9.22 Å². The fraction of sp³-hybridized carbons (Fsp3) is 0.333. The van der Waals surface area contributed by atoms with Crippen LogP contribution in [0, 0.1) is 5.92 Å². The lowest BCUT2D eigenvalue weighted by atomic mass is 9.97. The van der Waals surface area contributed by atoms with Crippen molar-refractivity contribution in [3.63, 3.8) is 0 Å². The van der Waals surface area contributed by atoms with Gasteiger partial charge in [-0.15, -0.1) is 34.0 Å². The third-order valence-corrected chi connectivity index (χ3v) is 10.2. The minimum atomic E-state index is -3.54. The summed E-state index contributed by atoms with van der Waals surface area (Å²) in [5.74, 6) is -0.240. The molecule has 4 rings (SSSR count). The molecule has 1 aliphatic heterocycles. The third-order valence-electron chi connectivity index (χ3n) is 4.69. The van der Waals surface area contributed by atoms with Crippen LogP contribution in [0.3, 0.4) is 0 Å². The lowest BCUT2D eigenvalue weighted by molar-refractivity contribution is -0.126. The van der Waals surface area contributed by atoms with Gasteiger partial charge in [0.25, 0.3) is 10.0 Å². The van der Waals surface area contributed by atoms with Gasteiger partial charge in [-0.05, 0) is 36.4 Å². The summed E-state index contributed by atoms with van der Waals surface area (Å²) in [7, 11) is -3.54. The molecule has 0 spiro atoms. The van der Waals surface area contributed by atoms with E-state index in [1.807, 2.05) is 22.9 Å².